The van der Waals surface area contributed by atoms with Crippen molar-refractivity contribution in [1.82, 2.24) is 9.97 Å². The van der Waals surface area contributed by atoms with E-state index in [1.54, 1.807) is 6.07 Å². The van der Waals surface area contributed by atoms with Gasteiger partial charge in [0.15, 0.2) is 5.13 Å². The SMILES string of the molecule is O=C(Cc1csc(-c2ccc(Cl)cc2)n1)Nc1nc2ccc(Cl)cc2s1. The molecule has 130 valence electrons. The molecule has 1 N–H and O–H groups in total. The predicted molar refractivity (Wildman–Crippen MR) is 110 cm³/mol. The number of carbonyl (C=O) groups excluding carboxylic acids is 1. The fourth-order valence-electron chi connectivity index (χ4n) is 2.39. The molecular weight excluding hydrogens is 409 g/mol. The van der Waals surface area contributed by atoms with Gasteiger partial charge in [-0.3, -0.25) is 4.79 Å². The molecule has 4 aromatic rings. The normalized spacial score (nSPS) is 11.0. The highest BCUT2D eigenvalue weighted by Crippen LogP contribution is 2.29. The van der Waals surface area contributed by atoms with Crippen LogP contribution in [0.3, 0.4) is 0 Å². The minimum Gasteiger partial charge on any atom is -0.302 e. The van der Waals surface area contributed by atoms with E-state index in [1.165, 1.54) is 22.7 Å². The van der Waals surface area contributed by atoms with Gasteiger partial charge in [-0.2, -0.15) is 0 Å². The zero-order chi connectivity index (χ0) is 18.1. The molecule has 26 heavy (non-hydrogen) atoms. The Balaban J connectivity index is 1.45. The monoisotopic (exact) mass is 419 g/mol. The molecule has 0 atom stereocenters. The summed E-state index contributed by atoms with van der Waals surface area (Å²) < 4.78 is 0.937. The summed E-state index contributed by atoms with van der Waals surface area (Å²) in [5, 5.41) is 7.47. The Morgan fingerprint density at radius 3 is 2.62 bits per heavy atom. The van der Waals surface area contributed by atoms with E-state index in [4.69, 9.17) is 23.2 Å². The van der Waals surface area contributed by atoms with Gasteiger partial charge in [-0.15, -0.1) is 11.3 Å². The van der Waals surface area contributed by atoms with Crippen molar-refractivity contribution in [2.45, 2.75) is 6.42 Å². The molecule has 0 radical (unpaired) electrons. The molecule has 0 aliphatic carbocycles. The van der Waals surface area contributed by atoms with Crippen LogP contribution >= 0.6 is 45.9 Å². The van der Waals surface area contributed by atoms with Gasteiger partial charge in [0.2, 0.25) is 5.91 Å². The molecule has 8 heteroatoms. The standard InChI is InChI=1S/C18H11Cl2N3OS2/c19-11-3-1-10(2-4-11)17-21-13(9-25-17)8-16(24)23-18-22-14-6-5-12(20)7-15(14)26-18/h1-7,9H,8H2,(H,22,23,24). The first-order chi connectivity index (χ1) is 12.6. The molecule has 1 amide bonds. The summed E-state index contributed by atoms with van der Waals surface area (Å²) in [6.45, 7) is 0. The number of rotatable bonds is 4. The van der Waals surface area contributed by atoms with Crippen molar-refractivity contribution < 1.29 is 4.79 Å². The molecule has 4 rings (SSSR count). The fraction of sp³-hybridized carbons (Fsp3) is 0.0556. The van der Waals surface area contributed by atoms with E-state index in [0.717, 1.165) is 26.5 Å². The number of amides is 1. The quantitative estimate of drug-likeness (QED) is 0.447. The zero-order valence-corrected chi connectivity index (χ0v) is 16.3. The van der Waals surface area contributed by atoms with Crippen molar-refractivity contribution in [1.29, 1.82) is 0 Å². The third kappa shape index (κ3) is 3.88. The summed E-state index contributed by atoms with van der Waals surface area (Å²) in [5.41, 5.74) is 2.52. The number of aromatic nitrogens is 2. The molecule has 0 saturated heterocycles. The molecule has 0 aliphatic rings. The zero-order valence-electron chi connectivity index (χ0n) is 13.2. The number of anilines is 1. The second-order valence-corrected chi connectivity index (χ2v) is 8.27. The lowest BCUT2D eigenvalue weighted by atomic mass is 10.2. The number of halogens is 2. The predicted octanol–water partition coefficient (Wildman–Crippen LogP) is 5.91. The Bertz CT molecular complexity index is 1090. The second-order valence-electron chi connectivity index (χ2n) is 5.51. The van der Waals surface area contributed by atoms with Crippen LogP contribution in [0.2, 0.25) is 10.0 Å². The molecule has 2 aromatic heterocycles. The van der Waals surface area contributed by atoms with E-state index in [9.17, 15) is 4.79 Å². The summed E-state index contributed by atoms with van der Waals surface area (Å²) in [5.74, 6) is -0.150. The third-order valence-corrected chi connectivity index (χ3v) is 5.94. The van der Waals surface area contributed by atoms with Crippen LogP contribution in [-0.2, 0) is 11.2 Å². The van der Waals surface area contributed by atoms with E-state index in [1.807, 2.05) is 41.8 Å². The van der Waals surface area contributed by atoms with E-state index in [0.29, 0.717) is 15.2 Å². The topological polar surface area (TPSA) is 54.9 Å². The van der Waals surface area contributed by atoms with Gasteiger partial charge in [0.05, 0.1) is 22.3 Å². The number of hydrogen-bond donors (Lipinski definition) is 1. The number of fused-ring (bicyclic) bond motifs is 1. The molecule has 0 spiro atoms. The van der Waals surface area contributed by atoms with Crippen molar-refractivity contribution in [3.8, 4) is 10.6 Å². The Morgan fingerprint density at radius 1 is 1.04 bits per heavy atom. The van der Waals surface area contributed by atoms with Crippen LogP contribution < -0.4 is 5.32 Å². The van der Waals surface area contributed by atoms with Crippen molar-refractivity contribution in [2.24, 2.45) is 0 Å². The molecule has 0 saturated carbocycles. The smallest absolute Gasteiger partial charge is 0.232 e. The van der Waals surface area contributed by atoms with Crippen LogP contribution in [-0.4, -0.2) is 15.9 Å². The minimum absolute atomic E-state index is 0.150. The van der Waals surface area contributed by atoms with Crippen molar-refractivity contribution in [3.63, 3.8) is 0 Å². The number of benzene rings is 2. The number of thiazole rings is 2. The van der Waals surface area contributed by atoms with E-state index >= 15 is 0 Å². The summed E-state index contributed by atoms with van der Waals surface area (Å²) in [4.78, 5) is 21.2. The lowest BCUT2D eigenvalue weighted by molar-refractivity contribution is -0.115. The highest BCUT2D eigenvalue weighted by atomic mass is 35.5. The average molecular weight is 420 g/mol. The Hall–Kier alpha value is -1.99. The lowest BCUT2D eigenvalue weighted by Crippen LogP contribution is -2.14. The minimum atomic E-state index is -0.150. The van der Waals surface area contributed by atoms with Crippen molar-refractivity contribution in [2.75, 3.05) is 5.32 Å². The van der Waals surface area contributed by atoms with Gasteiger partial charge in [0, 0.05) is 21.0 Å². The third-order valence-electron chi connectivity index (χ3n) is 3.58. The molecule has 0 unspecified atom stereocenters. The number of nitrogens with zero attached hydrogens (tertiary/aromatic N) is 2. The van der Waals surface area contributed by atoms with Gasteiger partial charge < -0.3 is 5.32 Å². The molecule has 4 nitrogen and oxygen atoms in total. The van der Waals surface area contributed by atoms with E-state index in [2.05, 4.69) is 15.3 Å². The Kier molecular flexibility index (Phi) is 4.91. The molecule has 2 heterocycles. The molecule has 2 aromatic carbocycles. The lowest BCUT2D eigenvalue weighted by Gasteiger charge is -1.99. The number of carbonyl (C=O) groups is 1. The molecular formula is C18H11Cl2N3OS2. The van der Waals surface area contributed by atoms with Crippen LogP contribution in [0.5, 0.6) is 0 Å². The van der Waals surface area contributed by atoms with Gasteiger partial charge in [-0.25, -0.2) is 9.97 Å². The summed E-state index contributed by atoms with van der Waals surface area (Å²) in [7, 11) is 0. The fourth-order valence-corrected chi connectivity index (χ4v) is 4.50. The maximum atomic E-state index is 12.3. The van der Waals surface area contributed by atoms with Crippen LogP contribution in [0.1, 0.15) is 5.69 Å². The highest BCUT2D eigenvalue weighted by molar-refractivity contribution is 7.22. The van der Waals surface area contributed by atoms with E-state index < -0.39 is 0 Å². The first kappa shape index (κ1) is 17.4. The summed E-state index contributed by atoms with van der Waals surface area (Å²) >= 11 is 14.8. The molecule has 0 bridgehead atoms. The highest BCUT2D eigenvalue weighted by Gasteiger charge is 2.12. The van der Waals surface area contributed by atoms with E-state index in [-0.39, 0.29) is 12.3 Å². The largest absolute Gasteiger partial charge is 0.302 e. The van der Waals surface area contributed by atoms with Gasteiger partial charge in [-0.1, -0.05) is 46.7 Å². The van der Waals surface area contributed by atoms with Gasteiger partial charge in [0.1, 0.15) is 5.01 Å². The van der Waals surface area contributed by atoms with Crippen LogP contribution in [0, 0.1) is 0 Å². The van der Waals surface area contributed by atoms with Crippen LogP contribution in [0.15, 0.2) is 47.8 Å². The van der Waals surface area contributed by atoms with Crippen molar-refractivity contribution in [3.05, 3.63) is 63.6 Å². The maximum absolute atomic E-state index is 12.3. The number of nitrogens with one attached hydrogen (secondary N) is 1. The van der Waals surface area contributed by atoms with Gasteiger partial charge >= 0.3 is 0 Å². The second kappa shape index (κ2) is 7.32. The van der Waals surface area contributed by atoms with Crippen LogP contribution in [0.25, 0.3) is 20.8 Å². The first-order valence-corrected chi connectivity index (χ1v) is 10.1. The first-order valence-electron chi connectivity index (χ1n) is 7.63. The van der Waals surface area contributed by atoms with Gasteiger partial charge in [0.25, 0.3) is 0 Å². The van der Waals surface area contributed by atoms with Crippen LogP contribution in [0.4, 0.5) is 5.13 Å². The van der Waals surface area contributed by atoms with Gasteiger partial charge in [-0.05, 0) is 30.3 Å². The average Bonchev–Trinajstić information content (AvgIpc) is 3.21. The van der Waals surface area contributed by atoms with Crippen molar-refractivity contribution >= 4 is 67.1 Å². The number of hydrogen-bond acceptors (Lipinski definition) is 5. The Morgan fingerprint density at radius 2 is 1.81 bits per heavy atom. The molecule has 0 aliphatic heterocycles. The Labute approximate surface area is 167 Å². The summed E-state index contributed by atoms with van der Waals surface area (Å²) in [6.07, 6.45) is 0.195. The molecule has 0 fully saturated rings. The maximum Gasteiger partial charge on any atom is 0.232 e. The summed E-state index contributed by atoms with van der Waals surface area (Å²) in [6, 6.07) is 12.9.